The van der Waals surface area contributed by atoms with Crippen molar-refractivity contribution in [2.45, 2.75) is 32.7 Å². The van der Waals surface area contributed by atoms with Crippen LogP contribution in [-0.4, -0.2) is 34.9 Å². The number of piperidine rings is 1. The van der Waals surface area contributed by atoms with E-state index >= 15 is 0 Å². The molecule has 2 rings (SSSR count). The van der Waals surface area contributed by atoms with Gasteiger partial charge in [-0.15, -0.1) is 11.3 Å². The van der Waals surface area contributed by atoms with Crippen LogP contribution in [0, 0.1) is 12.8 Å². The zero-order valence-corrected chi connectivity index (χ0v) is 11.2. The molecule has 94 valence electrons. The molecule has 1 fully saturated rings. The minimum absolute atomic E-state index is 0.121. The SMILES string of the molecule is Cc1ncsc1C(=O)N1CCCC(C(C)N)C1. The third-order valence-electron chi connectivity index (χ3n) is 3.43. The molecule has 2 atom stereocenters. The molecular formula is C12H19N3OS. The van der Waals surface area contributed by atoms with Gasteiger partial charge in [-0.05, 0) is 32.6 Å². The number of likely N-dealkylation sites (tertiary alicyclic amines) is 1. The van der Waals surface area contributed by atoms with Gasteiger partial charge in [0.05, 0.1) is 11.2 Å². The maximum atomic E-state index is 12.3. The number of aromatic nitrogens is 1. The number of carbonyl (C=O) groups excluding carboxylic acids is 1. The van der Waals surface area contributed by atoms with E-state index < -0.39 is 0 Å². The van der Waals surface area contributed by atoms with Crippen molar-refractivity contribution in [1.29, 1.82) is 0 Å². The summed E-state index contributed by atoms with van der Waals surface area (Å²) in [5, 5.41) is 0. The summed E-state index contributed by atoms with van der Waals surface area (Å²) in [5.74, 6) is 0.552. The zero-order valence-electron chi connectivity index (χ0n) is 10.3. The van der Waals surface area contributed by atoms with Crippen molar-refractivity contribution in [3.63, 3.8) is 0 Å². The Morgan fingerprint density at radius 3 is 3.06 bits per heavy atom. The van der Waals surface area contributed by atoms with E-state index in [-0.39, 0.29) is 11.9 Å². The van der Waals surface area contributed by atoms with Crippen LogP contribution >= 0.6 is 11.3 Å². The summed E-state index contributed by atoms with van der Waals surface area (Å²) in [7, 11) is 0. The van der Waals surface area contributed by atoms with Crippen molar-refractivity contribution in [3.8, 4) is 0 Å². The lowest BCUT2D eigenvalue weighted by atomic mass is 9.92. The Kier molecular flexibility index (Phi) is 3.79. The molecule has 1 aliphatic heterocycles. The maximum Gasteiger partial charge on any atom is 0.265 e. The van der Waals surface area contributed by atoms with Gasteiger partial charge in [-0.25, -0.2) is 4.98 Å². The molecular weight excluding hydrogens is 234 g/mol. The Balaban J connectivity index is 2.07. The van der Waals surface area contributed by atoms with E-state index in [4.69, 9.17) is 5.73 Å². The number of thiazole rings is 1. The molecule has 0 bridgehead atoms. The quantitative estimate of drug-likeness (QED) is 0.872. The lowest BCUT2D eigenvalue weighted by Gasteiger charge is -2.34. The van der Waals surface area contributed by atoms with Gasteiger partial charge in [0.25, 0.3) is 5.91 Å². The zero-order chi connectivity index (χ0) is 12.4. The van der Waals surface area contributed by atoms with E-state index in [1.165, 1.54) is 11.3 Å². The van der Waals surface area contributed by atoms with Gasteiger partial charge in [0.1, 0.15) is 4.88 Å². The first-order valence-electron chi connectivity index (χ1n) is 6.04. The molecule has 2 heterocycles. The fourth-order valence-corrected chi connectivity index (χ4v) is 3.04. The van der Waals surface area contributed by atoms with Crippen LogP contribution in [-0.2, 0) is 0 Å². The van der Waals surface area contributed by atoms with Gasteiger partial charge in [0, 0.05) is 19.1 Å². The number of hydrogen-bond donors (Lipinski definition) is 1. The molecule has 17 heavy (non-hydrogen) atoms. The third kappa shape index (κ3) is 2.66. The van der Waals surface area contributed by atoms with Crippen LogP contribution in [0.2, 0.25) is 0 Å². The van der Waals surface area contributed by atoms with Crippen LogP contribution in [0.5, 0.6) is 0 Å². The average molecular weight is 253 g/mol. The van der Waals surface area contributed by atoms with Gasteiger partial charge in [0.15, 0.2) is 0 Å². The number of carbonyl (C=O) groups is 1. The predicted molar refractivity (Wildman–Crippen MR) is 69.1 cm³/mol. The second-order valence-electron chi connectivity index (χ2n) is 4.78. The Morgan fingerprint density at radius 2 is 2.47 bits per heavy atom. The molecule has 2 unspecified atom stereocenters. The van der Waals surface area contributed by atoms with Crippen molar-refractivity contribution < 1.29 is 4.79 Å². The number of amides is 1. The smallest absolute Gasteiger partial charge is 0.265 e. The molecule has 1 amide bonds. The number of nitrogens with zero attached hydrogens (tertiary/aromatic N) is 2. The predicted octanol–water partition coefficient (Wildman–Crippen LogP) is 1.65. The highest BCUT2D eigenvalue weighted by Crippen LogP contribution is 2.22. The standard InChI is InChI=1S/C12H19N3OS/c1-8(13)10-4-3-5-15(6-10)12(16)11-9(2)14-7-17-11/h7-8,10H,3-6,13H2,1-2H3. The van der Waals surface area contributed by atoms with Gasteiger partial charge in [0.2, 0.25) is 0 Å². The molecule has 4 nitrogen and oxygen atoms in total. The van der Waals surface area contributed by atoms with Crippen LogP contribution in [0.4, 0.5) is 0 Å². The first kappa shape index (κ1) is 12.5. The largest absolute Gasteiger partial charge is 0.338 e. The highest BCUT2D eigenvalue weighted by atomic mass is 32.1. The summed E-state index contributed by atoms with van der Waals surface area (Å²) in [4.78, 5) is 19.1. The van der Waals surface area contributed by atoms with Crippen molar-refractivity contribution in [1.82, 2.24) is 9.88 Å². The molecule has 0 spiro atoms. The third-order valence-corrected chi connectivity index (χ3v) is 4.34. The van der Waals surface area contributed by atoms with Crippen molar-refractivity contribution in [2.24, 2.45) is 11.7 Å². The van der Waals surface area contributed by atoms with E-state index in [1.807, 2.05) is 18.7 Å². The van der Waals surface area contributed by atoms with Crippen molar-refractivity contribution >= 4 is 17.2 Å². The second kappa shape index (κ2) is 5.14. The lowest BCUT2D eigenvalue weighted by Crippen LogP contribution is -2.45. The number of rotatable bonds is 2. The summed E-state index contributed by atoms with van der Waals surface area (Å²) < 4.78 is 0. The summed E-state index contributed by atoms with van der Waals surface area (Å²) in [6.07, 6.45) is 2.18. The van der Waals surface area contributed by atoms with Gasteiger partial charge in [-0.2, -0.15) is 0 Å². The van der Waals surface area contributed by atoms with Gasteiger partial charge in [-0.3, -0.25) is 4.79 Å². The van der Waals surface area contributed by atoms with Crippen LogP contribution < -0.4 is 5.73 Å². The number of nitrogens with two attached hydrogens (primary N) is 1. The fourth-order valence-electron chi connectivity index (χ4n) is 2.27. The van der Waals surface area contributed by atoms with Crippen LogP contribution in [0.1, 0.15) is 35.1 Å². The molecule has 5 heteroatoms. The maximum absolute atomic E-state index is 12.3. The Labute approximate surface area is 106 Å². The molecule has 0 radical (unpaired) electrons. The van der Waals surface area contributed by atoms with Gasteiger partial charge < -0.3 is 10.6 Å². The minimum atomic E-state index is 0.121. The highest BCUT2D eigenvalue weighted by Gasteiger charge is 2.27. The van der Waals surface area contributed by atoms with E-state index in [9.17, 15) is 4.79 Å². The Morgan fingerprint density at radius 1 is 1.71 bits per heavy atom. The minimum Gasteiger partial charge on any atom is -0.338 e. The monoisotopic (exact) mass is 253 g/mol. The average Bonchev–Trinajstić information content (AvgIpc) is 2.74. The topological polar surface area (TPSA) is 59.2 Å². The van der Waals surface area contributed by atoms with Gasteiger partial charge >= 0.3 is 0 Å². The van der Waals surface area contributed by atoms with Crippen molar-refractivity contribution in [3.05, 3.63) is 16.1 Å². The molecule has 1 aromatic rings. The van der Waals surface area contributed by atoms with E-state index in [1.54, 1.807) is 5.51 Å². The van der Waals surface area contributed by atoms with Crippen LogP contribution in [0.25, 0.3) is 0 Å². The first-order valence-corrected chi connectivity index (χ1v) is 6.92. The summed E-state index contributed by atoms with van der Waals surface area (Å²) in [6.45, 7) is 5.54. The first-order chi connectivity index (χ1) is 8.09. The number of hydrogen-bond acceptors (Lipinski definition) is 4. The van der Waals surface area contributed by atoms with Crippen LogP contribution in [0.15, 0.2) is 5.51 Å². The van der Waals surface area contributed by atoms with Crippen LogP contribution in [0.3, 0.4) is 0 Å². The van der Waals surface area contributed by atoms with E-state index in [0.717, 1.165) is 36.5 Å². The van der Waals surface area contributed by atoms with Gasteiger partial charge in [-0.1, -0.05) is 0 Å². The molecule has 0 aromatic carbocycles. The van der Waals surface area contributed by atoms with E-state index in [0.29, 0.717) is 5.92 Å². The Bertz CT molecular complexity index is 402. The summed E-state index contributed by atoms with van der Waals surface area (Å²) >= 11 is 1.43. The molecule has 0 saturated carbocycles. The normalized spacial score (nSPS) is 22.5. The fraction of sp³-hybridized carbons (Fsp3) is 0.667. The lowest BCUT2D eigenvalue weighted by molar-refractivity contribution is 0.0665. The Hall–Kier alpha value is -0.940. The molecule has 1 aromatic heterocycles. The highest BCUT2D eigenvalue weighted by molar-refractivity contribution is 7.11. The van der Waals surface area contributed by atoms with E-state index in [2.05, 4.69) is 4.98 Å². The summed E-state index contributed by atoms with van der Waals surface area (Å²) in [6, 6.07) is 0.160. The molecule has 1 aliphatic rings. The number of aryl methyl sites for hydroxylation is 1. The summed E-state index contributed by atoms with van der Waals surface area (Å²) in [5.41, 5.74) is 8.50. The van der Waals surface area contributed by atoms with Crippen molar-refractivity contribution in [2.75, 3.05) is 13.1 Å². The molecule has 0 aliphatic carbocycles. The molecule has 1 saturated heterocycles. The second-order valence-corrected chi connectivity index (χ2v) is 5.63. The molecule has 2 N–H and O–H groups in total.